The molecule has 0 aliphatic heterocycles. The molecule has 0 aliphatic rings. The molecule has 1 nitrogen and oxygen atoms in total. The molecule has 0 fully saturated rings. The van der Waals surface area contributed by atoms with E-state index in [1.54, 1.807) is 11.3 Å². The van der Waals surface area contributed by atoms with Crippen LogP contribution in [0.2, 0.25) is 0 Å². The van der Waals surface area contributed by atoms with Crippen LogP contribution in [-0.4, -0.2) is 10.9 Å². The second-order valence-electron chi connectivity index (χ2n) is 3.27. The van der Waals surface area contributed by atoms with Crippen LogP contribution in [0.15, 0.2) is 5.38 Å². The molecule has 0 saturated heterocycles. The van der Waals surface area contributed by atoms with E-state index in [-0.39, 0.29) is 0 Å². The molecule has 0 aromatic carbocycles. The van der Waals surface area contributed by atoms with Crippen molar-refractivity contribution in [3.8, 4) is 0 Å². The van der Waals surface area contributed by atoms with Gasteiger partial charge in [0.15, 0.2) is 0 Å². The molecule has 0 spiro atoms. The van der Waals surface area contributed by atoms with Crippen LogP contribution < -0.4 is 0 Å². The summed E-state index contributed by atoms with van der Waals surface area (Å²) in [5.41, 5.74) is 1.22. The van der Waals surface area contributed by atoms with Crippen LogP contribution >= 0.6 is 22.9 Å². The number of rotatable bonds is 4. The first-order valence-electron chi connectivity index (χ1n) is 4.21. The Kier molecular flexibility index (Phi) is 4.02. The zero-order valence-electron chi connectivity index (χ0n) is 7.51. The van der Waals surface area contributed by atoms with Crippen LogP contribution in [0, 0.1) is 5.92 Å². The number of aromatic nitrogens is 1. The van der Waals surface area contributed by atoms with E-state index in [0.717, 1.165) is 12.8 Å². The number of hydrogen-bond acceptors (Lipinski definition) is 2. The van der Waals surface area contributed by atoms with Gasteiger partial charge in [-0.3, -0.25) is 0 Å². The minimum absolute atomic E-state index is 0.675. The maximum absolute atomic E-state index is 5.62. The van der Waals surface area contributed by atoms with Crippen LogP contribution in [-0.2, 0) is 12.8 Å². The van der Waals surface area contributed by atoms with Crippen molar-refractivity contribution in [2.45, 2.75) is 26.7 Å². The van der Waals surface area contributed by atoms with Gasteiger partial charge in [-0.05, 0) is 12.3 Å². The van der Waals surface area contributed by atoms with Gasteiger partial charge in [-0.25, -0.2) is 4.98 Å². The normalized spacial score (nSPS) is 11.0. The Morgan fingerprint density at radius 3 is 2.92 bits per heavy atom. The average Bonchev–Trinajstić information content (AvgIpc) is 2.36. The van der Waals surface area contributed by atoms with Crippen LogP contribution in [0.1, 0.15) is 24.5 Å². The van der Waals surface area contributed by atoms with Crippen LogP contribution in [0.4, 0.5) is 0 Å². The van der Waals surface area contributed by atoms with Gasteiger partial charge in [-0.15, -0.1) is 22.9 Å². The third kappa shape index (κ3) is 3.11. The van der Waals surface area contributed by atoms with Crippen molar-refractivity contribution in [2.24, 2.45) is 5.92 Å². The van der Waals surface area contributed by atoms with Crippen LogP contribution in [0.3, 0.4) is 0 Å². The molecule has 1 aromatic heterocycles. The zero-order valence-corrected chi connectivity index (χ0v) is 9.08. The highest BCUT2D eigenvalue weighted by atomic mass is 35.5. The lowest BCUT2D eigenvalue weighted by Gasteiger charge is -1.98. The van der Waals surface area contributed by atoms with E-state index in [1.807, 2.05) is 0 Å². The lowest BCUT2D eigenvalue weighted by Crippen LogP contribution is -1.94. The third-order valence-corrected chi connectivity index (χ3v) is 2.67. The molecule has 1 aromatic rings. The second-order valence-corrected chi connectivity index (χ2v) is 4.59. The molecular formula is C9H14ClNS. The molecule has 0 amide bonds. The van der Waals surface area contributed by atoms with Crippen molar-refractivity contribution in [2.75, 3.05) is 5.88 Å². The summed E-state index contributed by atoms with van der Waals surface area (Å²) in [5.74, 6) is 1.37. The average molecular weight is 204 g/mol. The lowest BCUT2D eigenvalue weighted by molar-refractivity contribution is 0.636. The highest BCUT2D eigenvalue weighted by molar-refractivity contribution is 7.09. The van der Waals surface area contributed by atoms with E-state index in [0.29, 0.717) is 11.8 Å². The maximum atomic E-state index is 5.62. The Morgan fingerprint density at radius 1 is 1.58 bits per heavy atom. The predicted molar refractivity (Wildman–Crippen MR) is 55.1 cm³/mol. The molecule has 12 heavy (non-hydrogen) atoms. The van der Waals surface area contributed by atoms with Crippen molar-refractivity contribution in [1.29, 1.82) is 0 Å². The fraction of sp³-hybridized carbons (Fsp3) is 0.667. The summed E-state index contributed by atoms with van der Waals surface area (Å²) in [6.45, 7) is 4.42. The summed E-state index contributed by atoms with van der Waals surface area (Å²) >= 11 is 7.34. The molecule has 68 valence electrons. The molecular weight excluding hydrogens is 190 g/mol. The minimum atomic E-state index is 0.675. The molecule has 0 atom stereocenters. The second kappa shape index (κ2) is 4.83. The van der Waals surface area contributed by atoms with Crippen molar-refractivity contribution >= 4 is 22.9 Å². The monoisotopic (exact) mass is 203 g/mol. The topological polar surface area (TPSA) is 12.9 Å². The van der Waals surface area contributed by atoms with Crippen LogP contribution in [0.25, 0.3) is 0 Å². The summed E-state index contributed by atoms with van der Waals surface area (Å²) in [6, 6.07) is 0. The van der Waals surface area contributed by atoms with E-state index in [9.17, 15) is 0 Å². The van der Waals surface area contributed by atoms with E-state index >= 15 is 0 Å². The molecule has 0 bridgehead atoms. The summed E-state index contributed by atoms with van der Waals surface area (Å²) < 4.78 is 0. The molecule has 1 rings (SSSR count). The first-order chi connectivity index (χ1) is 5.72. The number of nitrogens with zero attached hydrogens (tertiary/aromatic N) is 1. The first-order valence-corrected chi connectivity index (χ1v) is 5.63. The smallest absolute Gasteiger partial charge is 0.0940 e. The van der Waals surface area contributed by atoms with Crippen molar-refractivity contribution < 1.29 is 0 Å². The largest absolute Gasteiger partial charge is 0.246 e. The molecule has 0 N–H and O–H groups in total. The highest BCUT2D eigenvalue weighted by Crippen LogP contribution is 2.14. The summed E-state index contributed by atoms with van der Waals surface area (Å²) in [6.07, 6.45) is 1.99. The zero-order chi connectivity index (χ0) is 8.97. The summed E-state index contributed by atoms with van der Waals surface area (Å²) in [5, 5.41) is 3.31. The van der Waals surface area contributed by atoms with Gasteiger partial charge in [0.1, 0.15) is 0 Å². The Hall–Kier alpha value is -0.0800. The van der Waals surface area contributed by atoms with Crippen molar-refractivity contribution in [1.82, 2.24) is 4.98 Å². The third-order valence-electron chi connectivity index (χ3n) is 1.53. The SMILES string of the molecule is CC(C)Cc1csc(CCCl)n1. The number of hydrogen-bond donors (Lipinski definition) is 0. The number of halogens is 1. The Bertz CT molecular complexity index is 232. The fourth-order valence-electron chi connectivity index (χ4n) is 1.06. The summed E-state index contributed by atoms with van der Waals surface area (Å²) in [4.78, 5) is 4.47. The quantitative estimate of drug-likeness (QED) is 0.686. The van der Waals surface area contributed by atoms with Gasteiger partial charge in [-0.1, -0.05) is 13.8 Å². The highest BCUT2D eigenvalue weighted by Gasteiger charge is 2.03. The van der Waals surface area contributed by atoms with Gasteiger partial charge in [0.25, 0.3) is 0 Å². The van der Waals surface area contributed by atoms with Crippen LogP contribution in [0.5, 0.6) is 0 Å². The predicted octanol–water partition coefficient (Wildman–Crippen LogP) is 3.12. The molecule has 1 heterocycles. The molecule has 0 radical (unpaired) electrons. The minimum Gasteiger partial charge on any atom is -0.246 e. The molecule has 3 heteroatoms. The van der Waals surface area contributed by atoms with Crippen molar-refractivity contribution in [3.05, 3.63) is 16.1 Å². The van der Waals surface area contributed by atoms with E-state index in [2.05, 4.69) is 24.2 Å². The van der Waals surface area contributed by atoms with E-state index in [1.165, 1.54) is 10.7 Å². The summed E-state index contributed by atoms with van der Waals surface area (Å²) in [7, 11) is 0. The number of aryl methyl sites for hydroxylation is 1. The van der Waals surface area contributed by atoms with Gasteiger partial charge in [0.05, 0.1) is 10.7 Å². The van der Waals surface area contributed by atoms with E-state index in [4.69, 9.17) is 11.6 Å². The fourth-order valence-corrected chi connectivity index (χ4v) is 2.16. The lowest BCUT2D eigenvalue weighted by atomic mass is 10.1. The number of thiazole rings is 1. The standard InChI is InChI=1S/C9H14ClNS/c1-7(2)5-8-6-12-9(11-8)3-4-10/h6-7H,3-5H2,1-2H3. The van der Waals surface area contributed by atoms with Crippen molar-refractivity contribution in [3.63, 3.8) is 0 Å². The number of alkyl halides is 1. The Labute approximate surface area is 82.8 Å². The maximum Gasteiger partial charge on any atom is 0.0940 e. The first kappa shape index (κ1) is 10.0. The molecule has 0 saturated carbocycles. The van der Waals surface area contributed by atoms with Gasteiger partial charge >= 0.3 is 0 Å². The molecule has 0 unspecified atom stereocenters. The van der Waals surface area contributed by atoms with Gasteiger partial charge in [-0.2, -0.15) is 0 Å². The van der Waals surface area contributed by atoms with Gasteiger partial charge < -0.3 is 0 Å². The Balaban J connectivity index is 2.52. The Morgan fingerprint density at radius 2 is 2.33 bits per heavy atom. The molecule has 0 aliphatic carbocycles. The van der Waals surface area contributed by atoms with Gasteiger partial charge in [0, 0.05) is 17.7 Å². The van der Waals surface area contributed by atoms with Gasteiger partial charge in [0.2, 0.25) is 0 Å². The van der Waals surface area contributed by atoms with E-state index < -0.39 is 0 Å².